The summed E-state index contributed by atoms with van der Waals surface area (Å²) in [5.41, 5.74) is 6.60. The normalized spacial score (nSPS) is 13.1. The summed E-state index contributed by atoms with van der Waals surface area (Å²) in [6.07, 6.45) is 11.7. The predicted molar refractivity (Wildman–Crippen MR) is 124 cm³/mol. The van der Waals surface area contributed by atoms with Gasteiger partial charge in [-0.05, 0) is 69.0 Å². The van der Waals surface area contributed by atoms with Crippen molar-refractivity contribution in [2.75, 3.05) is 6.61 Å². The van der Waals surface area contributed by atoms with Gasteiger partial charge in [0.2, 0.25) is 5.88 Å². The van der Waals surface area contributed by atoms with Gasteiger partial charge in [-0.2, -0.15) is 5.10 Å². The van der Waals surface area contributed by atoms with Crippen LogP contribution in [0.3, 0.4) is 0 Å². The highest BCUT2D eigenvalue weighted by atomic mass is 16.5. The van der Waals surface area contributed by atoms with Crippen molar-refractivity contribution in [3.8, 4) is 5.88 Å². The first-order valence-electron chi connectivity index (χ1n) is 10.4. The van der Waals surface area contributed by atoms with Gasteiger partial charge in [-0.1, -0.05) is 19.4 Å². The fraction of sp³-hybridized carbons (Fsp3) is 0.375. The summed E-state index contributed by atoms with van der Waals surface area (Å²) < 4.78 is 5.71. The molecule has 0 aliphatic heterocycles. The van der Waals surface area contributed by atoms with Crippen molar-refractivity contribution in [3.63, 3.8) is 0 Å². The Balaban J connectivity index is 2.49. The van der Waals surface area contributed by atoms with E-state index >= 15 is 0 Å². The summed E-state index contributed by atoms with van der Waals surface area (Å²) in [5, 5.41) is 18.7. The number of allylic oxidation sites excluding steroid dienone is 5. The molecule has 0 aliphatic rings. The van der Waals surface area contributed by atoms with E-state index in [-0.39, 0.29) is 0 Å². The molecule has 6 nitrogen and oxygen atoms in total. The average Bonchev–Trinajstić information content (AvgIpc) is 3.25. The van der Waals surface area contributed by atoms with Gasteiger partial charge in [0.25, 0.3) is 0 Å². The summed E-state index contributed by atoms with van der Waals surface area (Å²) >= 11 is 0. The molecule has 0 amide bonds. The molecule has 0 aliphatic carbocycles. The first-order valence-corrected chi connectivity index (χ1v) is 10.4. The van der Waals surface area contributed by atoms with E-state index in [4.69, 9.17) is 10.1 Å². The number of nitrogens with one attached hydrogen (secondary N) is 3. The molecule has 3 N–H and O–H groups in total. The minimum absolute atomic E-state index is 0.561. The Kier molecular flexibility index (Phi) is 9.06. The molecule has 0 fully saturated rings. The number of H-pyrrole nitrogens is 1. The largest absolute Gasteiger partial charge is 0.478 e. The van der Waals surface area contributed by atoms with Crippen molar-refractivity contribution in [3.05, 3.63) is 70.8 Å². The molecule has 2 heterocycles. The quantitative estimate of drug-likeness (QED) is 0.342. The van der Waals surface area contributed by atoms with Crippen LogP contribution in [0, 0.1) is 5.41 Å². The minimum Gasteiger partial charge on any atom is -0.478 e. The standard InChI is InChI=1S/C24H33N5O/c1-6-8-10-22(19(5)25)18(4)23(27-14-20-15-28-29-16-20)13-17(3)21-11-9-12-26-24(21)30-7-2/h9-13,15-16,25,27H,6-8,14H2,1-5H3,(H,28,29)/b17-13+,22-10-,23-18+,25-19?. The molecule has 0 saturated carbocycles. The fourth-order valence-corrected chi connectivity index (χ4v) is 3.12. The molecule has 0 atom stereocenters. The van der Waals surface area contributed by atoms with Crippen LogP contribution in [0.5, 0.6) is 5.88 Å². The fourth-order valence-electron chi connectivity index (χ4n) is 3.12. The molecule has 0 bridgehead atoms. The second-order valence-corrected chi connectivity index (χ2v) is 7.15. The second-order valence-electron chi connectivity index (χ2n) is 7.15. The summed E-state index contributed by atoms with van der Waals surface area (Å²) in [5.74, 6) is 0.630. The molecule has 0 aromatic carbocycles. The number of nitrogens with zero attached hydrogens (tertiary/aromatic N) is 2. The van der Waals surface area contributed by atoms with Gasteiger partial charge in [-0.15, -0.1) is 0 Å². The third kappa shape index (κ3) is 6.44. The summed E-state index contributed by atoms with van der Waals surface area (Å²) in [6, 6.07) is 3.93. The van der Waals surface area contributed by atoms with Crippen LogP contribution in [-0.4, -0.2) is 27.5 Å². The van der Waals surface area contributed by atoms with Gasteiger partial charge in [0.15, 0.2) is 0 Å². The number of aromatic nitrogens is 3. The lowest BCUT2D eigenvalue weighted by atomic mass is 9.97. The van der Waals surface area contributed by atoms with Gasteiger partial charge in [0.1, 0.15) is 0 Å². The molecule has 30 heavy (non-hydrogen) atoms. The Morgan fingerprint density at radius 1 is 1.27 bits per heavy atom. The van der Waals surface area contributed by atoms with E-state index < -0.39 is 0 Å². The lowest BCUT2D eigenvalue weighted by Crippen LogP contribution is -2.15. The molecule has 6 heteroatoms. The van der Waals surface area contributed by atoms with Gasteiger partial charge in [-0.3, -0.25) is 5.10 Å². The van der Waals surface area contributed by atoms with Crippen LogP contribution in [0.1, 0.15) is 58.6 Å². The van der Waals surface area contributed by atoms with Gasteiger partial charge in [-0.25, -0.2) is 4.98 Å². The van der Waals surface area contributed by atoms with E-state index in [1.165, 1.54) is 0 Å². The molecule has 2 rings (SSSR count). The number of hydrogen-bond donors (Lipinski definition) is 3. The zero-order valence-electron chi connectivity index (χ0n) is 18.7. The van der Waals surface area contributed by atoms with E-state index in [0.29, 0.717) is 24.7 Å². The lowest BCUT2D eigenvalue weighted by molar-refractivity contribution is 0.326. The van der Waals surface area contributed by atoms with Crippen molar-refractivity contribution in [1.29, 1.82) is 5.41 Å². The lowest BCUT2D eigenvalue weighted by Gasteiger charge is -2.16. The SMILES string of the molecule is CCC/C=C(C(C)=N)/C(C)=C(\C=C(/C)c1cccnc1OCC)NCc1cn[nH]c1. The summed E-state index contributed by atoms with van der Waals surface area (Å²) in [4.78, 5) is 4.37. The van der Waals surface area contributed by atoms with E-state index in [1.807, 2.05) is 32.2 Å². The molecule has 2 aromatic rings. The van der Waals surface area contributed by atoms with Crippen LogP contribution in [0.25, 0.3) is 5.57 Å². The van der Waals surface area contributed by atoms with Crippen LogP contribution < -0.4 is 10.1 Å². The third-order valence-electron chi connectivity index (χ3n) is 4.72. The molecule has 0 radical (unpaired) electrons. The zero-order valence-corrected chi connectivity index (χ0v) is 18.7. The Labute approximate surface area is 179 Å². The van der Waals surface area contributed by atoms with E-state index in [2.05, 4.69) is 53.4 Å². The van der Waals surface area contributed by atoms with Crippen molar-refractivity contribution in [1.82, 2.24) is 20.5 Å². The van der Waals surface area contributed by atoms with Crippen molar-refractivity contribution >= 4 is 11.3 Å². The Morgan fingerprint density at radius 2 is 2.07 bits per heavy atom. The van der Waals surface area contributed by atoms with Gasteiger partial charge in [0.05, 0.1) is 12.8 Å². The summed E-state index contributed by atoms with van der Waals surface area (Å²) in [7, 11) is 0. The molecular formula is C24H33N5O. The van der Waals surface area contributed by atoms with Gasteiger partial charge < -0.3 is 15.5 Å². The number of rotatable bonds is 11. The van der Waals surface area contributed by atoms with E-state index in [1.54, 1.807) is 12.4 Å². The molecular weight excluding hydrogens is 374 g/mol. The minimum atomic E-state index is 0.561. The number of ether oxygens (including phenoxy) is 1. The highest BCUT2D eigenvalue weighted by molar-refractivity contribution is 6.00. The van der Waals surface area contributed by atoms with Crippen LogP contribution in [-0.2, 0) is 6.54 Å². The Morgan fingerprint density at radius 3 is 2.70 bits per heavy atom. The number of unbranched alkanes of at least 4 members (excludes halogenated alkanes) is 1. The molecule has 160 valence electrons. The maximum Gasteiger partial charge on any atom is 0.220 e. The monoisotopic (exact) mass is 407 g/mol. The van der Waals surface area contributed by atoms with Crippen LogP contribution >= 0.6 is 0 Å². The highest BCUT2D eigenvalue weighted by Gasteiger charge is 2.11. The van der Waals surface area contributed by atoms with Gasteiger partial charge in [0, 0.05) is 41.5 Å². The van der Waals surface area contributed by atoms with Crippen LogP contribution in [0.15, 0.2) is 59.7 Å². The molecule has 0 unspecified atom stereocenters. The predicted octanol–water partition coefficient (Wildman–Crippen LogP) is 5.44. The Hall–Kier alpha value is -3.15. The molecule has 0 saturated heterocycles. The Bertz CT molecular complexity index is 923. The van der Waals surface area contributed by atoms with E-state index in [0.717, 1.165) is 46.4 Å². The smallest absolute Gasteiger partial charge is 0.220 e. The molecule has 2 aromatic heterocycles. The van der Waals surface area contributed by atoms with E-state index in [9.17, 15) is 0 Å². The molecule has 0 spiro atoms. The number of hydrogen-bond acceptors (Lipinski definition) is 5. The van der Waals surface area contributed by atoms with Crippen molar-refractivity contribution in [2.24, 2.45) is 0 Å². The maximum atomic E-state index is 8.26. The third-order valence-corrected chi connectivity index (χ3v) is 4.72. The van der Waals surface area contributed by atoms with Crippen molar-refractivity contribution in [2.45, 2.75) is 54.0 Å². The van der Waals surface area contributed by atoms with Crippen LogP contribution in [0.4, 0.5) is 0 Å². The zero-order chi connectivity index (χ0) is 21.9. The summed E-state index contributed by atoms with van der Waals surface area (Å²) in [6.45, 7) is 11.3. The van der Waals surface area contributed by atoms with Crippen LogP contribution in [0.2, 0.25) is 0 Å². The van der Waals surface area contributed by atoms with Gasteiger partial charge >= 0.3 is 0 Å². The number of aromatic amines is 1. The first kappa shape index (κ1) is 23.1. The highest BCUT2D eigenvalue weighted by Crippen LogP contribution is 2.26. The maximum absolute atomic E-state index is 8.26. The van der Waals surface area contributed by atoms with Crippen molar-refractivity contribution < 1.29 is 4.74 Å². The topological polar surface area (TPSA) is 86.7 Å². The second kappa shape index (κ2) is 11.8. The average molecular weight is 408 g/mol. The first-order chi connectivity index (χ1) is 14.5. The number of pyridine rings is 1.